The molecule has 0 bridgehead atoms. The molecule has 0 radical (unpaired) electrons. The minimum Gasteiger partial charge on any atom is -0.389 e. The summed E-state index contributed by atoms with van der Waals surface area (Å²) in [6, 6.07) is 6.53. The first-order valence-corrected chi connectivity index (χ1v) is 8.81. The highest BCUT2D eigenvalue weighted by Gasteiger charge is 2.16. The minimum absolute atomic E-state index is 0.113. The van der Waals surface area contributed by atoms with Crippen molar-refractivity contribution >= 4 is 27.0 Å². The molecule has 2 N–H and O–H groups in total. The average molecular weight is 314 g/mol. The molecule has 0 unspecified atom stereocenters. The lowest BCUT2D eigenvalue weighted by atomic mass is 10.2. The Kier molecular flexibility index (Phi) is 6.58. The number of hydrogen-bond acceptors (Lipinski definition) is 4. The van der Waals surface area contributed by atoms with E-state index in [-0.39, 0.29) is 15.6 Å². The van der Waals surface area contributed by atoms with Gasteiger partial charge in [-0.1, -0.05) is 38.2 Å². The van der Waals surface area contributed by atoms with Gasteiger partial charge in [0.2, 0.25) is 0 Å². The van der Waals surface area contributed by atoms with E-state index in [1.807, 2.05) is 6.92 Å². The summed E-state index contributed by atoms with van der Waals surface area (Å²) in [5.41, 5.74) is 6.12. The quantitative estimate of drug-likeness (QED) is 0.742. The largest absolute Gasteiger partial charge is 0.389 e. The lowest BCUT2D eigenvalue weighted by Gasteiger charge is -2.19. The van der Waals surface area contributed by atoms with Crippen LogP contribution in [0.2, 0.25) is 0 Å². The number of benzene rings is 1. The van der Waals surface area contributed by atoms with Gasteiger partial charge in [0.15, 0.2) is 9.84 Å². The molecular formula is C14H22N2O2S2. The SMILES string of the molecule is CCCN(CC)CCS(=O)(=O)c1cccc(C(N)=S)c1. The fraction of sp³-hybridized carbons (Fsp3) is 0.500. The Balaban J connectivity index is 2.83. The molecule has 0 aromatic heterocycles. The van der Waals surface area contributed by atoms with E-state index in [2.05, 4.69) is 11.8 Å². The summed E-state index contributed by atoms with van der Waals surface area (Å²) in [7, 11) is -3.30. The van der Waals surface area contributed by atoms with Crippen LogP contribution in [-0.4, -0.2) is 43.7 Å². The van der Waals surface area contributed by atoms with E-state index < -0.39 is 9.84 Å². The Morgan fingerprint density at radius 1 is 1.30 bits per heavy atom. The van der Waals surface area contributed by atoms with E-state index in [0.29, 0.717) is 12.1 Å². The molecular weight excluding hydrogens is 292 g/mol. The van der Waals surface area contributed by atoms with Crippen LogP contribution >= 0.6 is 12.2 Å². The molecule has 20 heavy (non-hydrogen) atoms. The molecule has 0 aliphatic rings. The third-order valence-corrected chi connectivity index (χ3v) is 5.07. The monoisotopic (exact) mass is 314 g/mol. The van der Waals surface area contributed by atoms with Crippen molar-refractivity contribution < 1.29 is 8.42 Å². The first-order chi connectivity index (χ1) is 9.40. The van der Waals surface area contributed by atoms with Crippen LogP contribution in [0.4, 0.5) is 0 Å². The van der Waals surface area contributed by atoms with Crippen molar-refractivity contribution in [2.24, 2.45) is 5.73 Å². The van der Waals surface area contributed by atoms with Crippen LogP contribution in [0, 0.1) is 0 Å². The predicted molar refractivity (Wildman–Crippen MR) is 86.8 cm³/mol. The molecule has 0 heterocycles. The molecule has 0 saturated carbocycles. The van der Waals surface area contributed by atoms with E-state index in [4.69, 9.17) is 18.0 Å². The zero-order valence-corrected chi connectivity index (χ0v) is 13.6. The average Bonchev–Trinajstić information content (AvgIpc) is 2.43. The first-order valence-electron chi connectivity index (χ1n) is 6.75. The van der Waals surface area contributed by atoms with Crippen molar-refractivity contribution in [3.05, 3.63) is 29.8 Å². The number of rotatable bonds is 8. The Morgan fingerprint density at radius 2 is 2.00 bits per heavy atom. The maximum atomic E-state index is 12.3. The van der Waals surface area contributed by atoms with Gasteiger partial charge < -0.3 is 10.6 Å². The van der Waals surface area contributed by atoms with Crippen LogP contribution in [0.3, 0.4) is 0 Å². The standard InChI is InChI=1S/C14H22N2O2S2/c1-3-8-16(4-2)9-10-20(17,18)13-7-5-6-12(11-13)14(15)19/h5-7,11H,3-4,8-10H2,1-2H3,(H2,15,19). The summed E-state index contributed by atoms with van der Waals surface area (Å²) in [4.78, 5) is 2.63. The van der Waals surface area contributed by atoms with Gasteiger partial charge in [0.05, 0.1) is 10.6 Å². The zero-order valence-electron chi connectivity index (χ0n) is 12.0. The van der Waals surface area contributed by atoms with Crippen molar-refractivity contribution in [2.45, 2.75) is 25.2 Å². The van der Waals surface area contributed by atoms with Crippen LogP contribution < -0.4 is 5.73 Å². The van der Waals surface area contributed by atoms with Crippen molar-refractivity contribution in [2.75, 3.05) is 25.4 Å². The third-order valence-electron chi connectivity index (χ3n) is 3.14. The molecule has 0 atom stereocenters. The van der Waals surface area contributed by atoms with Gasteiger partial charge >= 0.3 is 0 Å². The summed E-state index contributed by atoms with van der Waals surface area (Å²) < 4.78 is 24.6. The molecule has 0 fully saturated rings. The molecule has 1 aromatic rings. The fourth-order valence-corrected chi connectivity index (χ4v) is 3.41. The number of nitrogens with two attached hydrogens (primary N) is 1. The summed E-state index contributed by atoms with van der Waals surface area (Å²) in [6.07, 6.45) is 1.02. The highest BCUT2D eigenvalue weighted by Crippen LogP contribution is 2.14. The van der Waals surface area contributed by atoms with Gasteiger partial charge in [0, 0.05) is 12.1 Å². The number of nitrogens with zero attached hydrogens (tertiary/aromatic N) is 1. The number of sulfone groups is 1. The first kappa shape index (κ1) is 17.1. The normalized spacial score (nSPS) is 11.8. The van der Waals surface area contributed by atoms with E-state index in [1.165, 1.54) is 0 Å². The molecule has 0 aliphatic heterocycles. The molecule has 0 spiro atoms. The maximum absolute atomic E-state index is 12.3. The molecule has 4 nitrogen and oxygen atoms in total. The van der Waals surface area contributed by atoms with Gasteiger partial charge in [-0.05, 0) is 31.6 Å². The smallest absolute Gasteiger partial charge is 0.179 e. The van der Waals surface area contributed by atoms with Gasteiger partial charge in [-0.25, -0.2) is 8.42 Å². The van der Waals surface area contributed by atoms with Gasteiger partial charge in [-0.15, -0.1) is 0 Å². The number of hydrogen-bond donors (Lipinski definition) is 1. The number of thiocarbonyl (C=S) groups is 1. The Morgan fingerprint density at radius 3 is 2.55 bits per heavy atom. The second-order valence-corrected chi connectivity index (χ2v) is 7.19. The zero-order chi connectivity index (χ0) is 15.2. The third kappa shape index (κ3) is 4.85. The maximum Gasteiger partial charge on any atom is 0.179 e. The molecule has 1 rings (SSSR count). The second kappa shape index (κ2) is 7.71. The van der Waals surface area contributed by atoms with Crippen molar-refractivity contribution in [3.63, 3.8) is 0 Å². The minimum atomic E-state index is -3.30. The Hall–Kier alpha value is -0.980. The van der Waals surface area contributed by atoms with Crippen LogP contribution in [0.5, 0.6) is 0 Å². The summed E-state index contributed by atoms with van der Waals surface area (Å²) in [5, 5.41) is 0. The lowest BCUT2D eigenvalue weighted by Crippen LogP contribution is -2.30. The van der Waals surface area contributed by atoms with Crippen molar-refractivity contribution in [1.82, 2.24) is 4.90 Å². The van der Waals surface area contributed by atoms with Gasteiger partial charge in [-0.2, -0.15) is 0 Å². The predicted octanol–water partition coefficient (Wildman–Crippen LogP) is 1.83. The van der Waals surface area contributed by atoms with Gasteiger partial charge in [0.25, 0.3) is 0 Å². The summed E-state index contributed by atoms with van der Waals surface area (Å²) in [6.45, 7) is 6.44. The van der Waals surface area contributed by atoms with E-state index in [9.17, 15) is 8.42 Å². The van der Waals surface area contributed by atoms with Crippen molar-refractivity contribution in [1.29, 1.82) is 0 Å². The van der Waals surface area contributed by atoms with Gasteiger partial charge in [0.1, 0.15) is 4.99 Å². The molecule has 0 saturated heterocycles. The Bertz CT molecular complexity index is 556. The highest BCUT2D eigenvalue weighted by atomic mass is 32.2. The van der Waals surface area contributed by atoms with E-state index >= 15 is 0 Å². The second-order valence-electron chi connectivity index (χ2n) is 4.65. The van der Waals surface area contributed by atoms with E-state index in [0.717, 1.165) is 19.5 Å². The van der Waals surface area contributed by atoms with Crippen LogP contribution in [0.25, 0.3) is 0 Å². The van der Waals surface area contributed by atoms with Crippen LogP contribution in [-0.2, 0) is 9.84 Å². The molecule has 112 valence electrons. The lowest BCUT2D eigenvalue weighted by molar-refractivity contribution is 0.305. The Labute approximate surface area is 126 Å². The topological polar surface area (TPSA) is 63.4 Å². The highest BCUT2D eigenvalue weighted by molar-refractivity contribution is 7.91. The van der Waals surface area contributed by atoms with E-state index in [1.54, 1.807) is 24.3 Å². The summed E-state index contributed by atoms with van der Waals surface area (Å²) in [5.74, 6) is 0.113. The molecule has 0 aliphatic carbocycles. The van der Waals surface area contributed by atoms with Crippen LogP contribution in [0.15, 0.2) is 29.2 Å². The molecule has 0 amide bonds. The van der Waals surface area contributed by atoms with Gasteiger partial charge in [-0.3, -0.25) is 0 Å². The molecule has 6 heteroatoms. The summed E-state index contributed by atoms with van der Waals surface area (Å²) >= 11 is 4.88. The van der Waals surface area contributed by atoms with Crippen molar-refractivity contribution in [3.8, 4) is 0 Å². The molecule has 1 aromatic carbocycles. The van der Waals surface area contributed by atoms with Crippen LogP contribution in [0.1, 0.15) is 25.8 Å². The fourth-order valence-electron chi connectivity index (χ4n) is 1.95.